The summed E-state index contributed by atoms with van der Waals surface area (Å²) < 4.78 is 16.4. The van der Waals surface area contributed by atoms with E-state index in [9.17, 15) is 4.79 Å². The lowest BCUT2D eigenvalue weighted by Gasteiger charge is -2.39. The number of aromatic nitrogens is 1. The summed E-state index contributed by atoms with van der Waals surface area (Å²) in [6.45, 7) is 9.82. The Balaban J connectivity index is 1.81. The van der Waals surface area contributed by atoms with Gasteiger partial charge in [-0.15, -0.1) is 0 Å². The molecule has 0 unspecified atom stereocenters. The first-order chi connectivity index (χ1) is 12.1. The van der Waals surface area contributed by atoms with E-state index in [-0.39, 0.29) is 11.5 Å². The van der Waals surface area contributed by atoms with E-state index in [4.69, 9.17) is 25.8 Å². The zero-order valence-electron chi connectivity index (χ0n) is 16.3. The number of nitrogens with zero attached hydrogens (tertiary/aromatic N) is 2. The monoisotopic (exact) mass is 384 g/mol. The van der Waals surface area contributed by atoms with Gasteiger partial charge in [0.15, 0.2) is 10.9 Å². The van der Waals surface area contributed by atoms with Crippen molar-refractivity contribution in [2.45, 2.75) is 52.6 Å². The number of piperidine rings is 1. The third kappa shape index (κ3) is 5.94. The van der Waals surface area contributed by atoms with E-state index in [1.54, 1.807) is 24.3 Å². The molecule has 1 aliphatic heterocycles. The number of likely N-dealkylation sites (tertiary alicyclic amines) is 1. The zero-order chi connectivity index (χ0) is 19.4. The van der Waals surface area contributed by atoms with Gasteiger partial charge in [-0.2, -0.15) is 0 Å². The van der Waals surface area contributed by atoms with Crippen LogP contribution in [0.1, 0.15) is 47.0 Å². The number of amides is 1. The number of ether oxygens (including phenoxy) is 3. The molecule has 26 heavy (non-hydrogen) atoms. The average molecular weight is 385 g/mol. The molecular weight excluding hydrogens is 356 g/mol. The van der Waals surface area contributed by atoms with Gasteiger partial charge in [-0.25, -0.2) is 9.78 Å². The number of hydrogen-bond acceptors (Lipinski definition) is 5. The first kappa shape index (κ1) is 20.6. The van der Waals surface area contributed by atoms with Gasteiger partial charge in [-0.05, 0) is 45.4 Å². The lowest BCUT2D eigenvalue weighted by Crippen LogP contribution is -2.44. The first-order valence-corrected chi connectivity index (χ1v) is 9.30. The maximum atomic E-state index is 12.2. The molecule has 1 aromatic heterocycles. The summed E-state index contributed by atoms with van der Waals surface area (Å²) in [6, 6.07) is 1.74. The van der Waals surface area contributed by atoms with Gasteiger partial charge in [0.1, 0.15) is 11.4 Å². The van der Waals surface area contributed by atoms with Gasteiger partial charge in [0.05, 0.1) is 19.9 Å². The summed E-state index contributed by atoms with van der Waals surface area (Å²) in [5, 5.41) is 0.329. The Morgan fingerprint density at radius 2 is 2.00 bits per heavy atom. The number of halogens is 1. The number of rotatable bonds is 5. The number of hydrogen-bond donors (Lipinski definition) is 0. The van der Waals surface area contributed by atoms with Crippen molar-refractivity contribution in [3.63, 3.8) is 0 Å². The molecule has 2 rings (SSSR count). The highest BCUT2D eigenvalue weighted by Crippen LogP contribution is 2.35. The van der Waals surface area contributed by atoms with Crippen LogP contribution in [0.25, 0.3) is 0 Å². The van der Waals surface area contributed by atoms with Crippen LogP contribution in [0, 0.1) is 5.41 Å². The van der Waals surface area contributed by atoms with Crippen molar-refractivity contribution >= 4 is 17.7 Å². The largest absolute Gasteiger partial charge is 0.495 e. The molecule has 0 aromatic carbocycles. The van der Waals surface area contributed by atoms with E-state index in [2.05, 4.69) is 11.9 Å². The van der Waals surface area contributed by atoms with E-state index in [0.717, 1.165) is 19.3 Å². The first-order valence-electron chi connectivity index (χ1n) is 8.92. The molecule has 1 amide bonds. The average Bonchev–Trinajstić information content (AvgIpc) is 2.55. The molecule has 0 N–H and O–H groups in total. The van der Waals surface area contributed by atoms with Crippen molar-refractivity contribution in [3.05, 3.63) is 17.4 Å². The van der Waals surface area contributed by atoms with Crippen LogP contribution in [0.3, 0.4) is 0 Å². The summed E-state index contributed by atoms with van der Waals surface area (Å²) in [5.41, 5.74) is -0.340. The Hall–Kier alpha value is -1.69. The number of pyridine rings is 1. The van der Waals surface area contributed by atoms with Crippen molar-refractivity contribution in [3.8, 4) is 11.5 Å². The Bertz CT molecular complexity index is 622. The van der Waals surface area contributed by atoms with Crippen molar-refractivity contribution in [1.82, 2.24) is 9.88 Å². The van der Waals surface area contributed by atoms with Gasteiger partial charge in [-0.1, -0.05) is 18.5 Å². The predicted molar refractivity (Wildman–Crippen MR) is 101 cm³/mol. The third-order valence-corrected chi connectivity index (χ3v) is 4.89. The van der Waals surface area contributed by atoms with Crippen molar-refractivity contribution in [1.29, 1.82) is 0 Å². The normalized spacial score (nSPS) is 16.9. The quantitative estimate of drug-likeness (QED) is 0.697. The minimum absolute atomic E-state index is 0.122. The van der Waals surface area contributed by atoms with E-state index in [0.29, 0.717) is 36.3 Å². The predicted octanol–water partition coefficient (Wildman–Crippen LogP) is 4.55. The lowest BCUT2D eigenvalue weighted by molar-refractivity contribution is 0.00979. The Morgan fingerprint density at radius 3 is 2.58 bits per heavy atom. The summed E-state index contributed by atoms with van der Waals surface area (Å²) >= 11 is 6.07. The van der Waals surface area contributed by atoms with Gasteiger partial charge in [0.2, 0.25) is 0 Å². The fraction of sp³-hybridized carbons (Fsp3) is 0.684. The molecule has 0 saturated carbocycles. The van der Waals surface area contributed by atoms with Crippen LogP contribution in [0.2, 0.25) is 5.15 Å². The van der Waals surface area contributed by atoms with Crippen LogP contribution in [0.5, 0.6) is 11.5 Å². The maximum absolute atomic E-state index is 12.2. The summed E-state index contributed by atoms with van der Waals surface area (Å²) in [7, 11) is 1.58. The molecule has 146 valence electrons. The molecule has 1 fully saturated rings. The topological polar surface area (TPSA) is 60.9 Å². The second kappa shape index (κ2) is 8.33. The van der Waals surface area contributed by atoms with Crippen LogP contribution in [-0.2, 0) is 4.74 Å². The maximum Gasteiger partial charge on any atom is 0.410 e. The van der Waals surface area contributed by atoms with Crippen molar-refractivity contribution in [2.75, 3.05) is 26.8 Å². The van der Waals surface area contributed by atoms with Crippen molar-refractivity contribution < 1.29 is 19.0 Å². The van der Waals surface area contributed by atoms with Crippen LogP contribution in [-0.4, -0.2) is 48.4 Å². The molecule has 1 saturated heterocycles. The molecule has 6 nitrogen and oxygen atoms in total. The molecule has 0 bridgehead atoms. The van der Waals surface area contributed by atoms with Crippen LogP contribution in [0.4, 0.5) is 4.79 Å². The van der Waals surface area contributed by atoms with Crippen molar-refractivity contribution in [2.24, 2.45) is 5.41 Å². The second-order valence-corrected chi connectivity index (χ2v) is 8.40. The summed E-state index contributed by atoms with van der Waals surface area (Å²) in [4.78, 5) is 18.0. The summed E-state index contributed by atoms with van der Waals surface area (Å²) in [6.07, 6.45) is 4.04. The van der Waals surface area contributed by atoms with E-state index < -0.39 is 5.60 Å². The van der Waals surface area contributed by atoms with E-state index in [1.807, 2.05) is 20.8 Å². The molecule has 7 heteroatoms. The van der Waals surface area contributed by atoms with E-state index >= 15 is 0 Å². The number of carbonyl (C=O) groups excluding carboxylic acids is 1. The highest BCUT2D eigenvalue weighted by Gasteiger charge is 2.33. The van der Waals surface area contributed by atoms with Gasteiger partial charge in [0.25, 0.3) is 0 Å². The van der Waals surface area contributed by atoms with Gasteiger partial charge in [-0.3, -0.25) is 0 Å². The highest BCUT2D eigenvalue weighted by atomic mass is 35.5. The second-order valence-electron chi connectivity index (χ2n) is 8.04. The molecule has 1 aromatic rings. The molecular formula is C19H29ClN2O4. The van der Waals surface area contributed by atoms with Gasteiger partial charge < -0.3 is 19.1 Å². The Labute approximate surface area is 160 Å². The SMILES string of the molecule is COc1cnc(Cl)c(OCCC2(C)CCN(C(=O)OC(C)(C)C)CC2)c1. The minimum Gasteiger partial charge on any atom is -0.495 e. The van der Waals surface area contributed by atoms with Crippen LogP contribution in [0.15, 0.2) is 12.3 Å². The van der Waals surface area contributed by atoms with E-state index in [1.165, 1.54) is 0 Å². The summed E-state index contributed by atoms with van der Waals surface area (Å²) in [5.74, 6) is 1.14. The Kier molecular flexibility index (Phi) is 6.61. The zero-order valence-corrected chi connectivity index (χ0v) is 17.1. The molecule has 1 aliphatic rings. The Morgan fingerprint density at radius 1 is 1.35 bits per heavy atom. The van der Waals surface area contributed by atoms with Crippen LogP contribution < -0.4 is 9.47 Å². The molecule has 0 radical (unpaired) electrons. The standard InChI is InChI=1S/C19H29ClN2O4/c1-18(2,3)26-17(23)22-9-6-19(4,7-10-22)8-11-25-15-12-14(24-5)13-21-16(15)20/h12-13H,6-11H2,1-5H3. The van der Waals surface area contributed by atoms with Gasteiger partial charge in [0, 0.05) is 19.2 Å². The van der Waals surface area contributed by atoms with Gasteiger partial charge >= 0.3 is 6.09 Å². The van der Waals surface area contributed by atoms with Crippen LogP contribution >= 0.6 is 11.6 Å². The number of carbonyl (C=O) groups is 1. The third-order valence-electron chi connectivity index (χ3n) is 4.60. The fourth-order valence-corrected chi connectivity index (χ4v) is 2.99. The molecule has 2 heterocycles. The molecule has 0 aliphatic carbocycles. The molecule has 0 spiro atoms. The highest BCUT2D eigenvalue weighted by molar-refractivity contribution is 6.30. The fourth-order valence-electron chi connectivity index (χ4n) is 2.84. The smallest absolute Gasteiger partial charge is 0.410 e. The molecule has 0 atom stereocenters. The minimum atomic E-state index is -0.463. The number of methoxy groups -OCH3 is 1. The lowest BCUT2D eigenvalue weighted by atomic mass is 9.78.